The van der Waals surface area contributed by atoms with Gasteiger partial charge >= 0.3 is 5.69 Å². The zero-order valence-corrected chi connectivity index (χ0v) is 18.5. The van der Waals surface area contributed by atoms with Crippen molar-refractivity contribution in [2.75, 3.05) is 6.54 Å². The maximum atomic E-state index is 13.2. The third-order valence-electron chi connectivity index (χ3n) is 5.21. The van der Waals surface area contributed by atoms with Crippen molar-refractivity contribution >= 4 is 16.9 Å². The van der Waals surface area contributed by atoms with Gasteiger partial charge in [0.2, 0.25) is 0 Å². The number of hydrogen-bond acceptors (Lipinski definition) is 6. The van der Waals surface area contributed by atoms with Crippen molar-refractivity contribution in [3.63, 3.8) is 0 Å². The van der Waals surface area contributed by atoms with E-state index in [2.05, 4.69) is 42.2 Å². The highest BCUT2D eigenvalue weighted by Gasteiger charge is 2.24. The minimum atomic E-state index is -0.731. The van der Waals surface area contributed by atoms with Crippen LogP contribution in [0.3, 0.4) is 0 Å². The van der Waals surface area contributed by atoms with Crippen LogP contribution in [0.2, 0.25) is 0 Å². The van der Waals surface area contributed by atoms with Gasteiger partial charge in [0.05, 0.1) is 30.6 Å². The van der Waals surface area contributed by atoms with E-state index in [0.717, 1.165) is 10.4 Å². The summed E-state index contributed by atoms with van der Waals surface area (Å²) >= 11 is 1.67. The predicted molar refractivity (Wildman–Crippen MR) is 120 cm³/mol. The predicted octanol–water partition coefficient (Wildman–Crippen LogP) is 3.27. The summed E-state index contributed by atoms with van der Waals surface area (Å²) in [6.45, 7) is 7.14. The van der Waals surface area contributed by atoms with E-state index in [1.165, 1.54) is 21.7 Å². The van der Waals surface area contributed by atoms with Crippen LogP contribution >= 0.6 is 11.3 Å². The van der Waals surface area contributed by atoms with Crippen molar-refractivity contribution in [1.29, 1.82) is 0 Å². The van der Waals surface area contributed by atoms with Gasteiger partial charge in [-0.1, -0.05) is 39.0 Å². The van der Waals surface area contributed by atoms with Gasteiger partial charge in [-0.3, -0.25) is 0 Å². The monoisotopic (exact) mass is 440 g/mol. The van der Waals surface area contributed by atoms with E-state index in [1.807, 2.05) is 12.1 Å². The van der Waals surface area contributed by atoms with Crippen LogP contribution in [0.4, 0.5) is 4.39 Å². The van der Waals surface area contributed by atoms with Gasteiger partial charge < -0.3 is 10.4 Å². The van der Waals surface area contributed by atoms with Crippen LogP contribution in [0, 0.1) is 5.82 Å². The third-order valence-corrected chi connectivity index (χ3v) is 6.71. The van der Waals surface area contributed by atoms with Crippen molar-refractivity contribution in [1.82, 2.24) is 20.1 Å². The number of halogens is 1. The van der Waals surface area contributed by atoms with Crippen molar-refractivity contribution in [2.24, 2.45) is 0 Å². The second-order valence-electron chi connectivity index (χ2n) is 8.67. The molecule has 1 aromatic carbocycles. The second kappa shape index (κ2) is 8.45. The molecule has 3 heterocycles. The Morgan fingerprint density at radius 3 is 2.61 bits per heavy atom. The van der Waals surface area contributed by atoms with Gasteiger partial charge in [-0.2, -0.15) is 10.1 Å². The molecule has 8 heteroatoms. The highest BCUT2D eigenvalue weighted by Crippen LogP contribution is 2.30. The van der Waals surface area contributed by atoms with Crippen LogP contribution in [0.5, 0.6) is 0 Å². The summed E-state index contributed by atoms with van der Waals surface area (Å²) in [5.74, 6) is -0.334. The summed E-state index contributed by atoms with van der Waals surface area (Å²) in [5, 5.41) is 17.8. The lowest BCUT2D eigenvalue weighted by Crippen LogP contribution is -2.37. The van der Waals surface area contributed by atoms with Crippen molar-refractivity contribution in [3.8, 4) is 0 Å². The van der Waals surface area contributed by atoms with Gasteiger partial charge in [0.25, 0.3) is 0 Å². The molecule has 0 amide bonds. The van der Waals surface area contributed by atoms with E-state index in [0.29, 0.717) is 24.4 Å². The molecule has 2 atom stereocenters. The van der Waals surface area contributed by atoms with Crippen LogP contribution in [0.25, 0.3) is 5.57 Å². The lowest BCUT2D eigenvalue weighted by Gasteiger charge is -2.26. The number of benzene rings is 1. The van der Waals surface area contributed by atoms with Crippen molar-refractivity contribution in [2.45, 2.75) is 44.9 Å². The fourth-order valence-corrected chi connectivity index (χ4v) is 4.51. The number of hydrogen-bond donors (Lipinski definition) is 2. The van der Waals surface area contributed by atoms with Gasteiger partial charge in [-0.25, -0.2) is 13.9 Å². The van der Waals surface area contributed by atoms with E-state index < -0.39 is 11.8 Å². The fourth-order valence-electron chi connectivity index (χ4n) is 3.47. The normalized spacial score (nSPS) is 19.3. The largest absolute Gasteiger partial charge is 0.387 e. The van der Waals surface area contributed by atoms with Crippen LogP contribution in [-0.2, 0) is 12.0 Å². The molecular weight excluding hydrogens is 415 g/mol. The van der Waals surface area contributed by atoms with E-state index in [9.17, 15) is 14.3 Å². The molecule has 31 heavy (non-hydrogen) atoms. The Labute approximate surface area is 184 Å². The Morgan fingerprint density at radius 2 is 1.97 bits per heavy atom. The van der Waals surface area contributed by atoms with Gasteiger partial charge in [-0.05, 0) is 40.8 Å². The van der Waals surface area contributed by atoms with Crippen LogP contribution in [0.15, 0.2) is 53.5 Å². The van der Waals surface area contributed by atoms with Gasteiger partial charge in [0.15, 0.2) is 0 Å². The maximum absolute atomic E-state index is 13.2. The van der Waals surface area contributed by atoms with Crippen LogP contribution < -0.4 is 11.0 Å². The number of thiophene rings is 1. The van der Waals surface area contributed by atoms with Crippen LogP contribution in [-0.4, -0.2) is 32.5 Å². The molecule has 162 valence electrons. The SMILES string of the molecule is CC(C)(C)c1ccc(Cn2ncc(C3C=C(c4ccc(F)cc4)[C@@H](O)CN3)nc2=O)s1. The molecule has 3 aromatic rings. The van der Waals surface area contributed by atoms with Gasteiger partial charge in [0, 0.05) is 16.3 Å². The zero-order valence-electron chi connectivity index (χ0n) is 17.7. The summed E-state index contributed by atoms with van der Waals surface area (Å²) < 4.78 is 14.6. The quantitative estimate of drug-likeness (QED) is 0.651. The van der Waals surface area contributed by atoms with Crippen molar-refractivity contribution in [3.05, 3.63) is 86.0 Å². The highest BCUT2D eigenvalue weighted by atomic mass is 32.1. The van der Waals surface area contributed by atoms with E-state index in [4.69, 9.17) is 0 Å². The number of rotatable bonds is 4. The number of nitrogens with zero attached hydrogens (tertiary/aromatic N) is 3. The molecule has 1 aliphatic rings. The average molecular weight is 441 g/mol. The molecule has 0 saturated heterocycles. The Balaban J connectivity index is 1.56. The molecule has 0 fully saturated rings. The van der Waals surface area contributed by atoms with Crippen molar-refractivity contribution < 1.29 is 9.50 Å². The standard InChI is InChI=1S/C23H25FN4O2S/c1-23(2,3)21-9-8-16(31-21)13-28-22(30)27-19(11-26-28)18-10-17(20(29)12-25-18)14-4-6-15(24)7-5-14/h4-11,18,20,25,29H,12-13H2,1-3H3/t18?,20-/m0/s1. The Bertz CT molecular complexity index is 1160. The summed E-state index contributed by atoms with van der Waals surface area (Å²) in [5.41, 5.74) is 1.52. The molecule has 6 nitrogen and oxygen atoms in total. The molecule has 2 aromatic heterocycles. The molecule has 0 spiro atoms. The van der Waals surface area contributed by atoms with Gasteiger partial charge in [-0.15, -0.1) is 11.3 Å². The third kappa shape index (κ3) is 4.81. The summed E-state index contributed by atoms with van der Waals surface area (Å²) in [6, 6.07) is 9.72. The molecule has 0 aliphatic carbocycles. The van der Waals surface area contributed by atoms with E-state index >= 15 is 0 Å². The molecule has 0 bridgehead atoms. The molecule has 1 aliphatic heterocycles. The molecule has 0 radical (unpaired) electrons. The maximum Gasteiger partial charge on any atom is 0.364 e. The number of aliphatic hydroxyl groups excluding tert-OH is 1. The van der Waals surface area contributed by atoms with Gasteiger partial charge in [0.1, 0.15) is 5.82 Å². The number of aromatic nitrogens is 3. The minimum Gasteiger partial charge on any atom is -0.387 e. The smallest absolute Gasteiger partial charge is 0.364 e. The zero-order chi connectivity index (χ0) is 22.2. The number of nitrogens with one attached hydrogen (secondary N) is 1. The first-order valence-corrected chi connectivity index (χ1v) is 10.9. The fraction of sp³-hybridized carbons (Fsp3) is 0.348. The first kappa shape index (κ1) is 21.5. The van der Waals surface area contributed by atoms with Crippen LogP contribution in [0.1, 0.15) is 47.8 Å². The molecule has 4 rings (SSSR count). The minimum absolute atomic E-state index is 0.0647. The molecular formula is C23H25FN4O2S. The highest BCUT2D eigenvalue weighted by molar-refractivity contribution is 7.12. The molecule has 1 unspecified atom stereocenters. The number of β-amino-alcohol motifs (C(OH)–C–C–N with tert-alkyl or cyclic N) is 1. The topological polar surface area (TPSA) is 80.0 Å². The molecule has 0 saturated carbocycles. The number of aliphatic hydroxyl groups is 1. The lowest BCUT2D eigenvalue weighted by molar-refractivity contribution is 0.217. The summed E-state index contributed by atoms with van der Waals surface area (Å²) in [6.07, 6.45) is 2.66. The summed E-state index contributed by atoms with van der Waals surface area (Å²) in [4.78, 5) is 19.1. The Kier molecular flexibility index (Phi) is 5.88. The van der Waals surface area contributed by atoms with E-state index in [1.54, 1.807) is 29.7 Å². The molecule has 2 N–H and O–H groups in total. The average Bonchev–Trinajstić information content (AvgIpc) is 3.20. The lowest BCUT2D eigenvalue weighted by atomic mass is 9.94. The van der Waals surface area contributed by atoms with E-state index in [-0.39, 0.29) is 17.3 Å². The Morgan fingerprint density at radius 1 is 1.23 bits per heavy atom. The summed E-state index contributed by atoms with van der Waals surface area (Å²) in [7, 11) is 0. The first-order chi connectivity index (χ1) is 14.7. The first-order valence-electron chi connectivity index (χ1n) is 10.1. The Hall–Kier alpha value is -2.68. The second-order valence-corrected chi connectivity index (χ2v) is 9.84.